The summed E-state index contributed by atoms with van der Waals surface area (Å²) in [5.41, 5.74) is 0.609. The highest BCUT2D eigenvalue weighted by Gasteiger charge is 2.25. The third-order valence-electron chi connectivity index (χ3n) is 6.29. The van der Waals surface area contributed by atoms with Crippen molar-refractivity contribution in [2.45, 2.75) is 38.5 Å². The van der Waals surface area contributed by atoms with Crippen LogP contribution in [0.4, 0.5) is 10.7 Å². The summed E-state index contributed by atoms with van der Waals surface area (Å²) in [6.45, 7) is 2.47. The van der Waals surface area contributed by atoms with Gasteiger partial charge in [-0.2, -0.15) is 0 Å². The summed E-state index contributed by atoms with van der Waals surface area (Å²) in [5, 5.41) is 3.05. The number of urea groups is 1. The minimum absolute atomic E-state index is 0.0474. The molecule has 1 aromatic carbocycles. The van der Waals surface area contributed by atoms with Gasteiger partial charge in [0, 0.05) is 31.7 Å². The Morgan fingerprint density at radius 3 is 2.45 bits per heavy atom. The fourth-order valence-corrected chi connectivity index (χ4v) is 4.48. The molecule has 2 heterocycles. The molecule has 0 spiro atoms. The number of ether oxygens (including phenoxy) is 1. The lowest BCUT2D eigenvalue weighted by Crippen LogP contribution is -2.51. The zero-order valence-electron chi connectivity index (χ0n) is 18.7. The number of rotatable bonds is 6. The number of benzene rings is 1. The number of amides is 3. The van der Waals surface area contributed by atoms with E-state index in [0.717, 1.165) is 18.1 Å². The topological polar surface area (TPSA) is 87.7 Å². The molecule has 1 saturated heterocycles. The van der Waals surface area contributed by atoms with E-state index in [4.69, 9.17) is 16.3 Å². The van der Waals surface area contributed by atoms with Crippen LogP contribution < -0.4 is 10.1 Å². The summed E-state index contributed by atoms with van der Waals surface area (Å²) in [6, 6.07) is 7.10. The van der Waals surface area contributed by atoms with Crippen LogP contribution >= 0.6 is 11.6 Å². The van der Waals surface area contributed by atoms with E-state index < -0.39 is 0 Å². The Labute approximate surface area is 199 Å². The first-order valence-electron chi connectivity index (χ1n) is 11.6. The van der Waals surface area contributed by atoms with E-state index in [9.17, 15) is 9.59 Å². The zero-order chi connectivity index (χ0) is 23.0. The van der Waals surface area contributed by atoms with Crippen molar-refractivity contribution in [3.63, 3.8) is 0 Å². The number of halogens is 1. The maximum Gasteiger partial charge on any atom is 0.324 e. The lowest BCUT2D eigenvalue weighted by molar-refractivity contribution is 0.0671. The van der Waals surface area contributed by atoms with Gasteiger partial charge in [0.2, 0.25) is 5.95 Å². The maximum atomic E-state index is 13.0. The van der Waals surface area contributed by atoms with Crippen molar-refractivity contribution in [1.29, 1.82) is 0 Å². The molecule has 3 amide bonds. The third-order valence-corrected chi connectivity index (χ3v) is 6.49. The molecule has 1 aliphatic heterocycles. The minimum Gasteiger partial charge on any atom is -0.494 e. The number of nitrogens with one attached hydrogen (secondary N) is 1. The van der Waals surface area contributed by atoms with E-state index in [0.29, 0.717) is 43.4 Å². The number of nitrogens with zero attached hydrogens (tertiary/aromatic N) is 4. The van der Waals surface area contributed by atoms with Crippen LogP contribution in [-0.2, 0) is 0 Å². The predicted octanol–water partition coefficient (Wildman–Crippen LogP) is 4.47. The average Bonchev–Trinajstić information content (AvgIpc) is 2.86. The second-order valence-electron chi connectivity index (χ2n) is 8.60. The second kappa shape index (κ2) is 11.3. The van der Waals surface area contributed by atoms with Crippen LogP contribution in [0.2, 0.25) is 5.02 Å². The molecule has 0 bridgehead atoms. The van der Waals surface area contributed by atoms with Crippen molar-refractivity contribution in [2.24, 2.45) is 5.92 Å². The lowest BCUT2D eigenvalue weighted by atomic mass is 9.87. The Bertz CT molecular complexity index is 941. The lowest BCUT2D eigenvalue weighted by Gasteiger charge is -2.34. The van der Waals surface area contributed by atoms with Crippen molar-refractivity contribution in [1.82, 2.24) is 19.8 Å². The molecule has 4 rings (SSSR count). The highest BCUT2D eigenvalue weighted by Crippen LogP contribution is 2.26. The molecular weight excluding hydrogens is 442 g/mol. The number of hydrogen-bond donors (Lipinski definition) is 1. The standard InChI is InChI=1S/C24H30ClN5O3/c25-20-16-26-23(27-17-20)28-24(32)30-12-10-29(11-13-30)22(31)19-7-4-8-21(15-19)33-14-9-18-5-2-1-3-6-18/h4,7-8,15-18H,1-3,5-6,9-14H2,(H,26,27,28,32). The Balaban J connectivity index is 1.24. The van der Waals surface area contributed by atoms with E-state index in [1.807, 2.05) is 24.3 Å². The van der Waals surface area contributed by atoms with Crippen molar-refractivity contribution in [2.75, 3.05) is 38.1 Å². The zero-order valence-corrected chi connectivity index (χ0v) is 19.5. The van der Waals surface area contributed by atoms with Crippen LogP contribution in [0.3, 0.4) is 0 Å². The summed E-state index contributed by atoms with van der Waals surface area (Å²) >= 11 is 5.77. The van der Waals surface area contributed by atoms with Gasteiger partial charge >= 0.3 is 6.03 Å². The highest BCUT2D eigenvalue weighted by molar-refractivity contribution is 6.30. The average molecular weight is 472 g/mol. The van der Waals surface area contributed by atoms with E-state index in [1.165, 1.54) is 44.5 Å². The van der Waals surface area contributed by atoms with Crippen molar-refractivity contribution < 1.29 is 14.3 Å². The van der Waals surface area contributed by atoms with E-state index in [1.54, 1.807) is 9.80 Å². The number of aromatic nitrogens is 2. The van der Waals surface area contributed by atoms with Gasteiger partial charge in [-0.1, -0.05) is 49.8 Å². The molecule has 0 atom stereocenters. The minimum atomic E-state index is -0.294. The molecule has 33 heavy (non-hydrogen) atoms. The van der Waals surface area contributed by atoms with Gasteiger partial charge in [-0.25, -0.2) is 14.8 Å². The Kier molecular flexibility index (Phi) is 7.99. The fraction of sp³-hybridized carbons (Fsp3) is 0.500. The first-order valence-corrected chi connectivity index (χ1v) is 12.0. The number of carbonyl (C=O) groups is 2. The third kappa shape index (κ3) is 6.57. The first-order chi connectivity index (χ1) is 16.1. The summed E-state index contributed by atoms with van der Waals surface area (Å²) in [4.78, 5) is 36.8. The largest absolute Gasteiger partial charge is 0.494 e. The molecule has 1 N–H and O–H groups in total. The van der Waals surface area contributed by atoms with Crippen LogP contribution in [0, 0.1) is 5.92 Å². The van der Waals surface area contributed by atoms with Gasteiger partial charge in [0.05, 0.1) is 24.0 Å². The number of anilines is 1. The molecule has 2 fully saturated rings. The van der Waals surface area contributed by atoms with Gasteiger partial charge in [-0.3, -0.25) is 10.1 Å². The van der Waals surface area contributed by atoms with Gasteiger partial charge in [-0.05, 0) is 30.5 Å². The molecule has 9 heteroatoms. The molecule has 0 radical (unpaired) electrons. The molecule has 2 aromatic rings. The van der Waals surface area contributed by atoms with Crippen molar-refractivity contribution in [3.8, 4) is 5.75 Å². The summed E-state index contributed by atoms with van der Waals surface area (Å²) in [7, 11) is 0. The van der Waals surface area contributed by atoms with Gasteiger partial charge in [-0.15, -0.1) is 0 Å². The monoisotopic (exact) mass is 471 g/mol. The predicted molar refractivity (Wildman–Crippen MR) is 127 cm³/mol. The molecule has 1 aromatic heterocycles. The number of hydrogen-bond acceptors (Lipinski definition) is 5. The molecule has 1 saturated carbocycles. The van der Waals surface area contributed by atoms with Gasteiger partial charge in [0.15, 0.2) is 0 Å². The van der Waals surface area contributed by atoms with Gasteiger partial charge < -0.3 is 14.5 Å². The molecule has 1 aliphatic carbocycles. The Morgan fingerprint density at radius 1 is 1.03 bits per heavy atom. The molecule has 2 aliphatic rings. The number of piperazine rings is 1. The summed E-state index contributed by atoms with van der Waals surface area (Å²) in [6.07, 6.45) is 10.6. The van der Waals surface area contributed by atoms with Crippen LogP contribution in [0.5, 0.6) is 5.75 Å². The van der Waals surface area contributed by atoms with Crippen LogP contribution in [0.1, 0.15) is 48.9 Å². The SMILES string of the molecule is O=C(Nc1ncc(Cl)cn1)N1CCN(C(=O)c2cccc(OCCC3CCCCC3)c2)CC1. The van der Waals surface area contributed by atoms with Gasteiger partial charge in [0.25, 0.3) is 5.91 Å². The van der Waals surface area contributed by atoms with Crippen molar-refractivity contribution >= 4 is 29.5 Å². The quantitative estimate of drug-likeness (QED) is 0.671. The molecular formula is C24H30ClN5O3. The Morgan fingerprint density at radius 2 is 1.73 bits per heavy atom. The first kappa shape index (κ1) is 23.3. The molecule has 176 valence electrons. The maximum absolute atomic E-state index is 13.0. The summed E-state index contributed by atoms with van der Waals surface area (Å²) in [5.74, 6) is 1.65. The highest BCUT2D eigenvalue weighted by atomic mass is 35.5. The summed E-state index contributed by atoms with van der Waals surface area (Å²) < 4.78 is 5.95. The normalized spacial score (nSPS) is 17.0. The van der Waals surface area contributed by atoms with E-state index in [2.05, 4.69) is 15.3 Å². The van der Waals surface area contributed by atoms with Gasteiger partial charge in [0.1, 0.15) is 5.75 Å². The smallest absolute Gasteiger partial charge is 0.324 e. The van der Waals surface area contributed by atoms with Crippen molar-refractivity contribution in [3.05, 3.63) is 47.2 Å². The fourth-order valence-electron chi connectivity index (χ4n) is 4.38. The Hall–Kier alpha value is -2.87. The second-order valence-corrected chi connectivity index (χ2v) is 9.04. The van der Waals surface area contributed by atoms with E-state index >= 15 is 0 Å². The van der Waals surface area contributed by atoms with Crippen LogP contribution in [-0.4, -0.2) is 64.5 Å². The molecule has 8 nitrogen and oxygen atoms in total. The van der Waals surface area contributed by atoms with Crippen LogP contribution in [0.25, 0.3) is 0 Å². The molecule has 0 unspecified atom stereocenters. The number of carbonyl (C=O) groups excluding carboxylic acids is 2. The van der Waals surface area contributed by atoms with E-state index in [-0.39, 0.29) is 17.9 Å². The van der Waals surface area contributed by atoms with Crippen LogP contribution in [0.15, 0.2) is 36.7 Å².